The lowest BCUT2D eigenvalue weighted by molar-refractivity contribution is -0.162. The highest BCUT2D eigenvalue weighted by atomic mass is 16.8. The molecule has 0 bridgehead atoms. The minimum Gasteiger partial charge on any atom is -0.493 e. The molecule has 3 atom stereocenters. The van der Waals surface area contributed by atoms with Gasteiger partial charge in [-0.05, 0) is 63.4 Å². The number of likely N-dealkylation sites (tertiary alicyclic amines) is 1. The highest BCUT2D eigenvalue weighted by molar-refractivity contribution is 5.86. The number of hydrogen-bond donors (Lipinski definition) is 0. The fraction of sp³-hybridized carbons (Fsp3) is 0.682. The predicted molar refractivity (Wildman–Crippen MR) is 108 cm³/mol. The summed E-state index contributed by atoms with van der Waals surface area (Å²) in [5.74, 6) is 1.59. The molecule has 1 saturated carbocycles. The number of rotatable bonds is 5. The van der Waals surface area contributed by atoms with Crippen LogP contribution in [0.5, 0.6) is 11.5 Å². The summed E-state index contributed by atoms with van der Waals surface area (Å²) in [5.41, 5.74) is 2.63. The summed E-state index contributed by atoms with van der Waals surface area (Å²) in [7, 11) is 5.61. The van der Waals surface area contributed by atoms with Crippen molar-refractivity contribution in [2.75, 3.05) is 34.4 Å². The number of hydrogen-bond acceptors (Lipinski definition) is 6. The second kappa shape index (κ2) is 8.29. The van der Waals surface area contributed by atoms with Gasteiger partial charge in [0.05, 0.1) is 26.5 Å². The van der Waals surface area contributed by atoms with Gasteiger partial charge in [-0.15, -0.1) is 0 Å². The van der Waals surface area contributed by atoms with Crippen LogP contribution in [0.3, 0.4) is 0 Å². The lowest BCUT2D eigenvalue weighted by atomic mass is 9.65. The normalized spacial score (nSPS) is 32.2. The average molecular weight is 389 g/mol. The van der Waals surface area contributed by atoms with Crippen LogP contribution in [0.1, 0.15) is 50.5 Å². The van der Waals surface area contributed by atoms with Crippen LogP contribution in [0.25, 0.3) is 0 Å². The maximum atomic E-state index is 5.72. The second-order valence-electron chi connectivity index (χ2n) is 8.24. The Balaban J connectivity index is 1.53. The number of methoxy groups -OCH3 is 2. The summed E-state index contributed by atoms with van der Waals surface area (Å²) < 4.78 is 16.7. The third kappa shape index (κ3) is 3.60. The van der Waals surface area contributed by atoms with Gasteiger partial charge in [0, 0.05) is 24.3 Å². The minimum atomic E-state index is -0.167. The van der Waals surface area contributed by atoms with Gasteiger partial charge in [0.1, 0.15) is 0 Å². The zero-order chi connectivity index (χ0) is 19.6. The topological polar surface area (TPSA) is 52.5 Å². The van der Waals surface area contributed by atoms with Crippen LogP contribution >= 0.6 is 0 Å². The molecule has 0 spiro atoms. The maximum Gasteiger partial charge on any atom is 0.226 e. The highest BCUT2D eigenvalue weighted by Gasteiger charge is 2.50. The first kappa shape index (κ1) is 19.5. The number of oxime groups is 1. The molecule has 2 aliphatic heterocycles. The molecule has 154 valence electrons. The summed E-state index contributed by atoms with van der Waals surface area (Å²) in [5, 5.41) is 4.51. The van der Waals surface area contributed by atoms with Gasteiger partial charge in [0.15, 0.2) is 11.5 Å². The molecule has 28 heavy (non-hydrogen) atoms. The Hall–Kier alpha value is -1.79. The van der Waals surface area contributed by atoms with Crippen molar-refractivity contribution in [2.24, 2.45) is 5.16 Å². The zero-order valence-electron chi connectivity index (χ0n) is 17.3. The van der Waals surface area contributed by atoms with Crippen molar-refractivity contribution in [3.05, 3.63) is 23.8 Å². The Labute approximate surface area is 167 Å². The molecule has 3 fully saturated rings. The van der Waals surface area contributed by atoms with Crippen molar-refractivity contribution in [1.82, 2.24) is 4.90 Å². The van der Waals surface area contributed by atoms with Crippen molar-refractivity contribution >= 4 is 5.71 Å². The SMILES string of the molecule is COc1ccc(C23CC/C(=N\OC4CCCCO4)CC2N(C)CC3)cc1OC. The number of nitrogens with zero attached hydrogens (tertiary/aromatic N) is 2. The van der Waals surface area contributed by atoms with Crippen LogP contribution in [-0.2, 0) is 15.0 Å². The van der Waals surface area contributed by atoms with Crippen molar-refractivity contribution in [1.29, 1.82) is 0 Å². The fourth-order valence-corrected chi connectivity index (χ4v) is 5.09. The average Bonchev–Trinajstić information content (AvgIpc) is 3.09. The first-order valence-corrected chi connectivity index (χ1v) is 10.4. The lowest BCUT2D eigenvalue weighted by Crippen LogP contribution is -2.46. The third-order valence-corrected chi connectivity index (χ3v) is 6.76. The molecule has 6 nitrogen and oxygen atoms in total. The van der Waals surface area contributed by atoms with Crippen molar-refractivity contribution in [3.8, 4) is 11.5 Å². The summed E-state index contributed by atoms with van der Waals surface area (Å²) in [4.78, 5) is 8.20. The summed E-state index contributed by atoms with van der Waals surface area (Å²) in [6.07, 6.45) is 7.19. The van der Waals surface area contributed by atoms with Gasteiger partial charge in [-0.3, -0.25) is 0 Å². The van der Waals surface area contributed by atoms with E-state index in [-0.39, 0.29) is 11.7 Å². The van der Waals surface area contributed by atoms with E-state index in [1.54, 1.807) is 14.2 Å². The van der Waals surface area contributed by atoms with E-state index in [4.69, 9.17) is 19.0 Å². The van der Waals surface area contributed by atoms with Gasteiger partial charge in [-0.1, -0.05) is 11.2 Å². The Morgan fingerprint density at radius 1 is 1.14 bits per heavy atom. The van der Waals surface area contributed by atoms with Crippen molar-refractivity contribution in [2.45, 2.75) is 62.7 Å². The molecule has 0 N–H and O–H groups in total. The van der Waals surface area contributed by atoms with E-state index in [0.717, 1.165) is 75.3 Å². The molecular formula is C22H32N2O4. The summed E-state index contributed by atoms with van der Waals surface area (Å²) in [6, 6.07) is 6.83. The number of fused-ring (bicyclic) bond motifs is 1. The predicted octanol–water partition coefficient (Wildman–Crippen LogP) is 3.73. The monoisotopic (exact) mass is 388 g/mol. The number of ether oxygens (including phenoxy) is 3. The first-order chi connectivity index (χ1) is 13.7. The molecule has 4 rings (SSSR count). The second-order valence-corrected chi connectivity index (χ2v) is 8.24. The largest absolute Gasteiger partial charge is 0.493 e. The number of likely N-dealkylation sites (N-methyl/N-ethyl adjacent to an activating group) is 1. The molecular weight excluding hydrogens is 356 g/mol. The van der Waals surface area contributed by atoms with Gasteiger partial charge in [-0.25, -0.2) is 0 Å². The molecule has 3 unspecified atom stereocenters. The van der Waals surface area contributed by atoms with Gasteiger partial charge >= 0.3 is 0 Å². The molecule has 1 aliphatic carbocycles. The third-order valence-electron chi connectivity index (χ3n) is 6.76. The Morgan fingerprint density at radius 3 is 2.75 bits per heavy atom. The maximum absolute atomic E-state index is 5.72. The molecule has 0 amide bonds. The van der Waals surface area contributed by atoms with E-state index in [0.29, 0.717) is 6.04 Å². The molecule has 1 aromatic rings. The van der Waals surface area contributed by atoms with Crippen LogP contribution < -0.4 is 9.47 Å². The highest BCUT2D eigenvalue weighted by Crippen LogP contribution is 2.49. The van der Waals surface area contributed by atoms with Gasteiger partial charge in [-0.2, -0.15) is 0 Å². The first-order valence-electron chi connectivity index (χ1n) is 10.4. The van der Waals surface area contributed by atoms with E-state index in [2.05, 4.69) is 29.2 Å². The molecule has 0 radical (unpaired) electrons. The standard InChI is InChI=1S/C22H32N2O4/c1-24-12-11-22(16-7-8-18(25-2)19(14-16)26-3)10-9-17(15-20(22)24)23-28-21-6-4-5-13-27-21/h7-8,14,20-21H,4-6,9-13,15H2,1-3H3/b23-17+. The van der Waals surface area contributed by atoms with Crippen LogP contribution in [0.15, 0.2) is 23.4 Å². The molecule has 0 aromatic heterocycles. The van der Waals surface area contributed by atoms with Gasteiger partial charge in [0.2, 0.25) is 6.29 Å². The lowest BCUT2D eigenvalue weighted by Gasteiger charge is -2.42. The fourth-order valence-electron chi connectivity index (χ4n) is 5.09. The smallest absolute Gasteiger partial charge is 0.226 e. The molecule has 2 saturated heterocycles. The van der Waals surface area contributed by atoms with Crippen LogP contribution in [0, 0.1) is 0 Å². The van der Waals surface area contributed by atoms with Crippen LogP contribution in [0.2, 0.25) is 0 Å². The van der Waals surface area contributed by atoms with Crippen molar-refractivity contribution < 1.29 is 19.0 Å². The molecule has 6 heteroatoms. The van der Waals surface area contributed by atoms with E-state index in [1.807, 2.05) is 6.07 Å². The quantitative estimate of drug-likeness (QED) is 0.720. The van der Waals surface area contributed by atoms with Crippen LogP contribution in [-0.4, -0.2) is 57.4 Å². The Morgan fingerprint density at radius 2 is 2.00 bits per heavy atom. The van der Waals surface area contributed by atoms with E-state index in [1.165, 1.54) is 5.56 Å². The molecule has 1 aromatic carbocycles. The summed E-state index contributed by atoms with van der Waals surface area (Å²) >= 11 is 0. The minimum absolute atomic E-state index is 0.134. The van der Waals surface area contributed by atoms with Crippen LogP contribution in [0.4, 0.5) is 0 Å². The Kier molecular flexibility index (Phi) is 5.78. The van der Waals surface area contributed by atoms with Crippen molar-refractivity contribution in [3.63, 3.8) is 0 Å². The Bertz CT molecular complexity index is 716. The van der Waals surface area contributed by atoms with E-state index >= 15 is 0 Å². The number of benzene rings is 1. The van der Waals surface area contributed by atoms with Gasteiger partial charge < -0.3 is 23.9 Å². The van der Waals surface area contributed by atoms with E-state index < -0.39 is 0 Å². The van der Waals surface area contributed by atoms with E-state index in [9.17, 15) is 0 Å². The molecule has 2 heterocycles. The zero-order valence-corrected chi connectivity index (χ0v) is 17.3. The summed E-state index contributed by atoms with van der Waals surface area (Å²) in [6.45, 7) is 1.88. The van der Waals surface area contributed by atoms with Gasteiger partial charge in [0.25, 0.3) is 0 Å². The molecule has 3 aliphatic rings.